The molecular formula is C22H19ClN6O. The zero-order valence-corrected chi connectivity index (χ0v) is 17.2. The van der Waals surface area contributed by atoms with E-state index in [2.05, 4.69) is 25.6 Å². The molecule has 0 atom stereocenters. The summed E-state index contributed by atoms with van der Waals surface area (Å²) in [4.78, 5) is 8.70. The molecule has 4 aromatic rings. The van der Waals surface area contributed by atoms with Gasteiger partial charge in [-0.15, -0.1) is 5.11 Å². The lowest BCUT2D eigenvalue weighted by Crippen LogP contribution is -2.06. The highest BCUT2D eigenvalue weighted by Gasteiger charge is 2.06. The number of benzene rings is 3. The van der Waals surface area contributed by atoms with Crippen LogP contribution in [0.4, 0.5) is 22.9 Å². The summed E-state index contributed by atoms with van der Waals surface area (Å²) in [5.74, 6) is 1.46. The molecule has 0 bridgehead atoms. The van der Waals surface area contributed by atoms with E-state index in [4.69, 9.17) is 16.3 Å². The minimum Gasteiger partial charge on any atom is -0.497 e. The first-order valence-corrected chi connectivity index (χ1v) is 9.57. The smallest absolute Gasteiger partial charge is 0.141 e. The molecule has 1 heterocycles. The van der Waals surface area contributed by atoms with Crippen molar-refractivity contribution in [2.45, 2.75) is 0 Å². The Kier molecular flexibility index (Phi) is 5.72. The minimum atomic E-state index is 0.648. The van der Waals surface area contributed by atoms with Crippen LogP contribution in [0.25, 0.3) is 10.9 Å². The summed E-state index contributed by atoms with van der Waals surface area (Å²) in [7, 11) is 3.47. The van der Waals surface area contributed by atoms with Crippen molar-refractivity contribution >= 4 is 45.4 Å². The van der Waals surface area contributed by atoms with Gasteiger partial charge in [0.25, 0.3) is 0 Å². The van der Waals surface area contributed by atoms with Gasteiger partial charge in [-0.1, -0.05) is 22.9 Å². The molecule has 0 radical (unpaired) electrons. The third-order valence-electron chi connectivity index (χ3n) is 4.45. The molecule has 0 saturated heterocycles. The molecule has 0 aliphatic carbocycles. The number of hydrogen-bond donors (Lipinski definition) is 1. The Morgan fingerprint density at radius 2 is 1.83 bits per heavy atom. The number of methoxy groups -OCH3 is 1. The van der Waals surface area contributed by atoms with E-state index in [0.29, 0.717) is 16.5 Å². The van der Waals surface area contributed by atoms with Crippen molar-refractivity contribution in [2.75, 3.05) is 24.5 Å². The lowest BCUT2D eigenvalue weighted by atomic mass is 10.2. The molecule has 0 aliphatic rings. The largest absolute Gasteiger partial charge is 0.497 e. The SMILES string of the molecule is COc1ccc(N(C)N=Nc2ccc3ncnc(Nc4cccc(Cl)c4)c3c2)cc1. The first kappa shape index (κ1) is 19.6. The second kappa shape index (κ2) is 8.75. The zero-order chi connectivity index (χ0) is 20.9. The minimum absolute atomic E-state index is 0.648. The van der Waals surface area contributed by atoms with Gasteiger partial charge in [0.15, 0.2) is 0 Å². The summed E-state index contributed by atoms with van der Waals surface area (Å²) in [6.45, 7) is 0. The number of nitrogens with one attached hydrogen (secondary N) is 1. The lowest BCUT2D eigenvalue weighted by molar-refractivity contribution is 0.415. The predicted molar refractivity (Wildman–Crippen MR) is 120 cm³/mol. The fourth-order valence-corrected chi connectivity index (χ4v) is 3.07. The van der Waals surface area contributed by atoms with Crippen molar-refractivity contribution in [1.82, 2.24) is 9.97 Å². The Balaban J connectivity index is 1.59. The third kappa shape index (κ3) is 4.47. The van der Waals surface area contributed by atoms with Crippen molar-refractivity contribution in [3.8, 4) is 5.75 Å². The van der Waals surface area contributed by atoms with Gasteiger partial charge in [-0.25, -0.2) is 15.0 Å². The van der Waals surface area contributed by atoms with Crippen LogP contribution in [0.15, 0.2) is 83.4 Å². The van der Waals surface area contributed by atoms with E-state index in [1.807, 2.05) is 73.8 Å². The maximum absolute atomic E-state index is 6.08. The topological polar surface area (TPSA) is 75.0 Å². The molecule has 3 aromatic carbocycles. The molecule has 0 saturated carbocycles. The first-order chi connectivity index (χ1) is 14.6. The van der Waals surface area contributed by atoms with E-state index in [1.54, 1.807) is 12.1 Å². The van der Waals surface area contributed by atoms with Crippen molar-refractivity contribution in [1.29, 1.82) is 0 Å². The number of nitrogens with zero attached hydrogens (tertiary/aromatic N) is 5. The van der Waals surface area contributed by atoms with Gasteiger partial charge in [0.1, 0.15) is 17.9 Å². The molecule has 0 amide bonds. The van der Waals surface area contributed by atoms with Gasteiger partial charge < -0.3 is 10.1 Å². The van der Waals surface area contributed by atoms with Crippen molar-refractivity contribution in [3.63, 3.8) is 0 Å². The molecule has 8 heteroatoms. The Morgan fingerprint density at radius 3 is 2.60 bits per heavy atom. The summed E-state index contributed by atoms with van der Waals surface area (Å²) in [5, 5.41) is 15.1. The fraction of sp³-hybridized carbons (Fsp3) is 0.0909. The molecule has 1 aromatic heterocycles. The van der Waals surface area contributed by atoms with Gasteiger partial charge in [-0.05, 0) is 60.7 Å². The van der Waals surface area contributed by atoms with E-state index in [9.17, 15) is 0 Å². The monoisotopic (exact) mass is 418 g/mol. The van der Waals surface area contributed by atoms with Crippen LogP contribution in [0.5, 0.6) is 5.75 Å². The van der Waals surface area contributed by atoms with E-state index in [0.717, 1.165) is 28.0 Å². The van der Waals surface area contributed by atoms with Crippen LogP contribution in [0, 0.1) is 0 Å². The van der Waals surface area contributed by atoms with Crippen LogP contribution in [-0.4, -0.2) is 24.1 Å². The summed E-state index contributed by atoms with van der Waals surface area (Å²) in [6, 6.07) is 20.7. The number of halogens is 1. The van der Waals surface area contributed by atoms with Crippen LogP contribution in [0.2, 0.25) is 5.02 Å². The fourth-order valence-electron chi connectivity index (χ4n) is 2.88. The number of aromatic nitrogens is 2. The molecule has 1 N–H and O–H groups in total. The molecule has 0 fully saturated rings. The second-order valence-corrected chi connectivity index (χ2v) is 6.91. The zero-order valence-electron chi connectivity index (χ0n) is 16.5. The van der Waals surface area contributed by atoms with Gasteiger partial charge in [-0.2, -0.15) is 0 Å². The van der Waals surface area contributed by atoms with Gasteiger partial charge in [0, 0.05) is 23.1 Å². The van der Waals surface area contributed by atoms with Crippen LogP contribution in [0.1, 0.15) is 0 Å². The van der Waals surface area contributed by atoms with Crippen LogP contribution < -0.4 is 15.1 Å². The molecule has 0 spiro atoms. The lowest BCUT2D eigenvalue weighted by Gasteiger charge is -2.12. The average Bonchev–Trinajstić information content (AvgIpc) is 2.78. The molecule has 30 heavy (non-hydrogen) atoms. The molecule has 0 unspecified atom stereocenters. The van der Waals surface area contributed by atoms with Crippen molar-refractivity contribution < 1.29 is 4.74 Å². The molecular weight excluding hydrogens is 400 g/mol. The summed E-state index contributed by atoms with van der Waals surface area (Å²) < 4.78 is 5.18. The van der Waals surface area contributed by atoms with Crippen molar-refractivity contribution in [3.05, 3.63) is 78.1 Å². The first-order valence-electron chi connectivity index (χ1n) is 9.19. The van der Waals surface area contributed by atoms with E-state index < -0.39 is 0 Å². The second-order valence-electron chi connectivity index (χ2n) is 6.47. The average molecular weight is 419 g/mol. The maximum atomic E-state index is 6.08. The van der Waals surface area contributed by atoms with Gasteiger partial charge in [-0.3, -0.25) is 0 Å². The molecule has 0 aliphatic heterocycles. The van der Waals surface area contributed by atoms with Gasteiger partial charge in [0.2, 0.25) is 0 Å². The van der Waals surface area contributed by atoms with Crippen LogP contribution in [-0.2, 0) is 0 Å². The Bertz CT molecular complexity index is 1200. The number of rotatable bonds is 6. The Morgan fingerprint density at radius 1 is 1.00 bits per heavy atom. The Labute approximate surface area is 179 Å². The summed E-state index contributed by atoms with van der Waals surface area (Å²) >= 11 is 6.08. The van der Waals surface area contributed by atoms with Gasteiger partial charge in [0.05, 0.1) is 24.0 Å². The Hall–Kier alpha value is -3.71. The quantitative estimate of drug-likeness (QED) is 0.299. The van der Waals surface area contributed by atoms with E-state index in [1.165, 1.54) is 6.33 Å². The summed E-state index contributed by atoms with van der Waals surface area (Å²) in [5.41, 5.74) is 3.23. The van der Waals surface area contributed by atoms with Crippen molar-refractivity contribution in [2.24, 2.45) is 10.3 Å². The highest BCUT2D eigenvalue weighted by molar-refractivity contribution is 6.30. The standard InChI is InChI=1S/C22H19ClN6O/c1-29(18-7-9-19(30-2)10-8-18)28-27-17-6-11-21-20(13-17)22(25-14-24-21)26-16-5-3-4-15(23)12-16/h3-14H,1-2H3,(H,24,25,26). The maximum Gasteiger partial charge on any atom is 0.141 e. The predicted octanol–water partition coefficient (Wildman–Crippen LogP) is 6.17. The number of anilines is 3. The number of ether oxygens (including phenoxy) is 1. The molecule has 7 nitrogen and oxygen atoms in total. The third-order valence-corrected chi connectivity index (χ3v) is 4.68. The van der Waals surface area contributed by atoms with E-state index in [-0.39, 0.29) is 0 Å². The van der Waals surface area contributed by atoms with Gasteiger partial charge >= 0.3 is 0 Å². The highest BCUT2D eigenvalue weighted by atomic mass is 35.5. The molecule has 4 rings (SSSR count). The summed E-state index contributed by atoms with van der Waals surface area (Å²) in [6.07, 6.45) is 1.52. The normalized spacial score (nSPS) is 11.0. The van der Waals surface area contributed by atoms with Crippen LogP contribution >= 0.6 is 11.6 Å². The van der Waals surface area contributed by atoms with E-state index >= 15 is 0 Å². The number of hydrogen-bond acceptors (Lipinski definition) is 6. The molecule has 150 valence electrons. The van der Waals surface area contributed by atoms with Crippen LogP contribution in [0.3, 0.4) is 0 Å². The number of fused-ring (bicyclic) bond motifs is 1. The highest BCUT2D eigenvalue weighted by Crippen LogP contribution is 2.28.